The summed E-state index contributed by atoms with van der Waals surface area (Å²) in [6, 6.07) is 3.04. The summed E-state index contributed by atoms with van der Waals surface area (Å²) < 4.78 is 0. The molecule has 0 aromatic carbocycles. The van der Waals surface area contributed by atoms with Gasteiger partial charge >= 0.3 is 0 Å². The van der Waals surface area contributed by atoms with Crippen molar-refractivity contribution in [2.45, 2.75) is 12.8 Å². The number of amides is 1. The summed E-state index contributed by atoms with van der Waals surface area (Å²) >= 11 is 1.79. The SMILES string of the molecule is CSCCCCNC(=O)c1ncccc1O. The molecule has 0 aliphatic heterocycles. The number of nitrogens with zero attached hydrogens (tertiary/aromatic N) is 1. The van der Waals surface area contributed by atoms with Crippen LogP contribution in [0.15, 0.2) is 18.3 Å². The number of unbranched alkanes of at least 4 members (excludes halogenated alkanes) is 1. The van der Waals surface area contributed by atoms with Crippen molar-refractivity contribution in [3.63, 3.8) is 0 Å². The minimum atomic E-state index is -0.317. The molecule has 16 heavy (non-hydrogen) atoms. The molecule has 0 atom stereocenters. The Hall–Kier alpha value is -1.23. The summed E-state index contributed by atoms with van der Waals surface area (Å²) in [5.41, 5.74) is 0.0902. The second kappa shape index (κ2) is 7.11. The molecule has 1 heterocycles. The molecular formula is C11H16N2O2S. The quantitative estimate of drug-likeness (QED) is 0.742. The maximum atomic E-state index is 11.6. The van der Waals surface area contributed by atoms with Crippen LogP contribution in [-0.2, 0) is 0 Å². The Labute approximate surface area is 99.5 Å². The van der Waals surface area contributed by atoms with E-state index in [0.29, 0.717) is 6.54 Å². The first-order valence-electron chi connectivity index (χ1n) is 5.17. The third-order valence-electron chi connectivity index (χ3n) is 2.06. The highest BCUT2D eigenvalue weighted by atomic mass is 32.2. The van der Waals surface area contributed by atoms with Crippen LogP contribution in [0.2, 0.25) is 0 Å². The van der Waals surface area contributed by atoms with Gasteiger partial charge in [-0.05, 0) is 37.0 Å². The number of carbonyl (C=O) groups is 1. The van der Waals surface area contributed by atoms with Crippen molar-refractivity contribution in [3.8, 4) is 5.75 Å². The monoisotopic (exact) mass is 240 g/mol. The lowest BCUT2D eigenvalue weighted by molar-refractivity contribution is 0.0945. The van der Waals surface area contributed by atoms with Crippen LogP contribution in [-0.4, -0.2) is 34.6 Å². The lowest BCUT2D eigenvalue weighted by Crippen LogP contribution is -2.25. The molecule has 1 aromatic heterocycles. The zero-order valence-electron chi connectivity index (χ0n) is 9.27. The van der Waals surface area contributed by atoms with Gasteiger partial charge in [0.25, 0.3) is 5.91 Å². The molecule has 1 rings (SSSR count). The Bertz CT molecular complexity index is 345. The fourth-order valence-electron chi connectivity index (χ4n) is 1.23. The largest absolute Gasteiger partial charge is 0.505 e. The summed E-state index contributed by atoms with van der Waals surface area (Å²) in [5.74, 6) is 0.705. The van der Waals surface area contributed by atoms with Crippen molar-refractivity contribution in [2.24, 2.45) is 0 Å². The molecule has 0 spiro atoms. The highest BCUT2D eigenvalue weighted by Gasteiger charge is 2.10. The van der Waals surface area contributed by atoms with Gasteiger partial charge in [0.2, 0.25) is 0 Å². The van der Waals surface area contributed by atoms with Crippen LogP contribution in [0.3, 0.4) is 0 Å². The van der Waals surface area contributed by atoms with Crippen LogP contribution in [0.1, 0.15) is 23.3 Å². The van der Waals surface area contributed by atoms with Gasteiger partial charge in [0.15, 0.2) is 5.69 Å². The third-order valence-corrected chi connectivity index (χ3v) is 2.76. The van der Waals surface area contributed by atoms with Gasteiger partial charge in [-0.25, -0.2) is 4.98 Å². The van der Waals surface area contributed by atoms with E-state index >= 15 is 0 Å². The fourth-order valence-corrected chi connectivity index (χ4v) is 1.72. The van der Waals surface area contributed by atoms with Crippen LogP contribution < -0.4 is 5.32 Å². The van der Waals surface area contributed by atoms with Gasteiger partial charge in [0.05, 0.1) is 0 Å². The Morgan fingerprint density at radius 2 is 2.38 bits per heavy atom. The van der Waals surface area contributed by atoms with E-state index in [9.17, 15) is 9.90 Å². The first-order chi connectivity index (χ1) is 7.75. The average Bonchev–Trinajstić information content (AvgIpc) is 2.29. The standard InChI is InChI=1S/C11H16N2O2S/c1-16-8-3-2-6-13-11(15)10-9(14)5-4-7-12-10/h4-5,7,14H,2-3,6,8H2,1H3,(H,13,15). The van der Waals surface area contributed by atoms with Crippen molar-refractivity contribution in [3.05, 3.63) is 24.0 Å². The van der Waals surface area contributed by atoms with E-state index in [0.717, 1.165) is 18.6 Å². The normalized spacial score (nSPS) is 10.1. The van der Waals surface area contributed by atoms with E-state index in [-0.39, 0.29) is 17.4 Å². The molecule has 0 saturated heterocycles. The van der Waals surface area contributed by atoms with Crippen molar-refractivity contribution in [2.75, 3.05) is 18.6 Å². The zero-order chi connectivity index (χ0) is 11.8. The minimum absolute atomic E-state index is 0.0795. The molecule has 0 unspecified atom stereocenters. The smallest absolute Gasteiger partial charge is 0.273 e. The Morgan fingerprint density at radius 3 is 3.06 bits per heavy atom. The molecule has 4 nitrogen and oxygen atoms in total. The number of carbonyl (C=O) groups excluding carboxylic acids is 1. The summed E-state index contributed by atoms with van der Waals surface area (Å²) in [6.45, 7) is 0.620. The predicted octanol–water partition coefficient (Wildman–Crippen LogP) is 1.66. The molecule has 1 amide bonds. The van der Waals surface area contributed by atoms with Crippen molar-refractivity contribution >= 4 is 17.7 Å². The number of aromatic hydroxyl groups is 1. The maximum absolute atomic E-state index is 11.6. The van der Waals surface area contributed by atoms with E-state index in [1.54, 1.807) is 17.8 Å². The van der Waals surface area contributed by atoms with Gasteiger partial charge in [-0.15, -0.1) is 0 Å². The van der Waals surface area contributed by atoms with E-state index in [4.69, 9.17) is 0 Å². The van der Waals surface area contributed by atoms with Crippen molar-refractivity contribution < 1.29 is 9.90 Å². The molecular weight excluding hydrogens is 224 g/mol. The molecule has 0 aliphatic carbocycles. The number of rotatable bonds is 6. The maximum Gasteiger partial charge on any atom is 0.273 e. The Morgan fingerprint density at radius 1 is 1.56 bits per heavy atom. The van der Waals surface area contributed by atoms with Crippen LogP contribution >= 0.6 is 11.8 Å². The molecule has 88 valence electrons. The topological polar surface area (TPSA) is 62.2 Å². The minimum Gasteiger partial charge on any atom is -0.505 e. The lowest BCUT2D eigenvalue weighted by Gasteiger charge is -2.05. The Kier molecular flexibility index (Phi) is 5.71. The highest BCUT2D eigenvalue weighted by Crippen LogP contribution is 2.11. The lowest BCUT2D eigenvalue weighted by atomic mass is 10.3. The number of hydrogen-bond acceptors (Lipinski definition) is 4. The number of thioether (sulfide) groups is 1. The predicted molar refractivity (Wildman–Crippen MR) is 65.9 cm³/mol. The second-order valence-corrected chi connectivity index (χ2v) is 4.31. The van der Waals surface area contributed by atoms with Gasteiger partial charge in [-0.3, -0.25) is 4.79 Å². The van der Waals surface area contributed by atoms with E-state index in [1.807, 2.05) is 0 Å². The van der Waals surface area contributed by atoms with Crippen molar-refractivity contribution in [1.82, 2.24) is 10.3 Å². The van der Waals surface area contributed by atoms with Gasteiger partial charge in [-0.1, -0.05) is 0 Å². The van der Waals surface area contributed by atoms with E-state index < -0.39 is 0 Å². The molecule has 0 radical (unpaired) electrons. The van der Waals surface area contributed by atoms with Gasteiger partial charge in [-0.2, -0.15) is 11.8 Å². The number of hydrogen-bond donors (Lipinski definition) is 2. The first-order valence-corrected chi connectivity index (χ1v) is 6.56. The molecule has 0 aliphatic rings. The van der Waals surface area contributed by atoms with Gasteiger partial charge in [0, 0.05) is 12.7 Å². The molecule has 2 N–H and O–H groups in total. The molecule has 1 aromatic rings. The Balaban J connectivity index is 2.33. The summed E-state index contributed by atoms with van der Waals surface area (Å²) in [5, 5.41) is 12.1. The van der Waals surface area contributed by atoms with Crippen LogP contribution in [0.5, 0.6) is 5.75 Å². The van der Waals surface area contributed by atoms with E-state index in [2.05, 4.69) is 16.6 Å². The molecule has 5 heteroatoms. The second-order valence-electron chi connectivity index (χ2n) is 3.33. The average molecular weight is 240 g/mol. The highest BCUT2D eigenvalue weighted by molar-refractivity contribution is 7.98. The summed E-state index contributed by atoms with van der Waals surface area (Å²) in [4.78, 5) is 15.4. The molecule has 0 bridgehead atoms. The number of pyridine rings is 1. The van der Waals surface area contributed by atoms with Crippen LogP contribution in [0.4, 0.5) is 0 Å². The fraction of sp³-hybridized carbons (Fsp3) is 0.455. The molecule has 0 fully saturated rings. The number of nitrogens with one attached hydrogen (secondary N) is 1. The van der Waals surface area contributed by atoms with Crippen LogP contribution in [0, 0.1) is 0 Å². The summed E-state index contributed by atoms with van der Waals surface area (Å²) in [7, 11) is 0. The third kappa shape index (κ3) is 4.10. The molecule has 0 saturated carbocycles. The van der Waals surface area contributed by atoms with Gasteiger partial charge in [0.1, 0.15) is 5.75 Å². The van der Waals surface area contributed by atoms with E-state index in [1.165, 1.54) is 12.3 Å². The zero-order valence-corrected chi connectivity index (χ0v) is 10.1. The summed E-state index contributed by atoms with van der Waals surface area (Å²) in [6.07, 6.45) is 5.57. The van der Waals surface area contributed by atoms with Gasteiger partial charge < -0.3 is 10.4 Å². The number of aromatic nitrogens is 1. The van der Waals surface area contributed by atoms with Crippen molar-refractivity contribution in [1.29, 1.82) is 0 Å². The first kappa shape index (κ1) is 12.8. The van der Waals surface area contributed by atoms with Crippen LogP contribution in [0.25, 0.3) is 0 Å².